The Hall–Kier alpha value is -1.77. The topological polar surface area (TPSA) is 69.6 Å². The fraction of sp³-hybridized carbons (Fsp3) is 0.214. The minimum Gasteiger partial charge on any atom is -0.330 e. The predicted octanol–water partition coefficient (Wildman–Crippen LogP) is 2.66. The van der Waals surface area contributed by atoms with Crippen molar-refractivity contribution in [2.45, 2.75) is 17.3 Å². The van der Waals surface area contributed by atoms with Gasteiger partial charge in [0.05, 0.1) is 5.51 Å². The first-order chi connectivity index (χ1) is 10.8. The monoisotopic (exact) mass is 335 g/mol. The Labute approximate surface area is 135 Å². The van der Waals surface area contributed by atoms with Crippen LogP contribution < -0.4 is 5.73 Å². The SMILES string of the molecule is NCCc1nnc(SCc2cncs2)n1-c1ccc(F)cc1. The maximum atomic E-state index is 13.1. The smallest absolute Gasteiger partial charge is 0.196 e. The molecule has 8 heteroatoms. The van der Waals surface area contributed by atoms with Gasteiger partial charge < -0.3 is 5.73 Å². The van der Waals surface area contributed by atoms with Crippen LogP contribution in [0.15, 0.2) is 41.1 Å². The molecule has 3 rings (SSSR count). The molecular formula is C14H14FN5S2. The number of aromatic nitrogens is 4. The van der Waals surface area contributed by atoms with Gasteiger partial charge in [-0.25, -0.2) is 4.39 Å². The Morgan fingerprint density at radius 2 is 2.05 bits per heavy atom. The molecule has 2 aromatic heterocycles. The summed E-state index contributed by atoms with van der Waals surface area (Å²) in [7, 11) is 0. The molecule has 0 spiro atoms. The van der Waals surface area contributed by atoms with E-state index < -0.39 is 0 Å². The van der Waals surface area contributed by atoms with Gasteiger partial charge in [-0.05, 0) is 30.8 Å². The van der Waals surface area contributed by atoms with Crippen molar-refractivity contribution in [3.63, 3.8) is 0 Å². The van der Waals surface area contributed by atoms with Crippen molar-refractivity contribution in [2.24, 2.45) is 5.73 Å². The Bertz CT molecular complexity index is 724. The Morgan fingerprint density at radius 3 is 2.73 bits per heavy atom. The summed E-state index contributed by atoms with van der Waals surface area (Å²) in [4.78, 5) is 5.23. The Balaban J connectivity index is 1.90. The lowest BCUT2D eigenvalue weighted by Crippen LogP contribution is -2.09. The highest BCUT2D eigenvalue weighted by Crippen LogP contribution is 2.26. The third kappa shape index (κ3) is 3.34. The molecule has 0 atom stereocenters. The average Bonchev–Trinajstić information content (AvgIpc) is 3.16. The molecule has 0 radical (unpaired) electrons. The van der Waals surface area contributed by atoms with Gasteiger partial charge in [0.25, 0.3) is 0 Å². The van der Waals surface area contributed by atoms with Gasteiger partial charge in [-0.15, -0.1) is 21.5 Å². The minimum atomic E-state index is -0.268. The second-order valence-electron chi connectivity index (χ2n) is 4.51. The summed E-state index contributed by atoms with van der Waals surface area (Å²) >= 11 is 3.18. The molecule has 0 saturated carbocycles. The number of nitrogens with two attached hydrogens (primary N) is 1. The molecule has 0 fully saturated rings. The summed E-state index contributed by atoms with van der Waals surface area (Å²) in [6.45, 7) is 0.485. The van der Waals surface area contributed by atoms with Gasteiger partial charge >= 0.3 is 0 Å². The lowest BCUT2D eigenvalue weighted by Gasteiger charge is -2.09. The van der Waals surface area contributed by atoms with Crippen LogP contribution in [0.1, 0.15) is 10.7 Å². The lowest BCUT2D eigenvalue weighted by molar-refractivity contribution is 0.627. The summed E-state index contributed by atoms with van der Waals surface area (Å²) in [6, 6.07) is 6.29. The van der Waals surface area contributed by atoms with Crippen LogP contribution >= 0.6 is 23.1 Å². The standard InChI is InChI=1S/C14H14FN5S2/c15-10-1-3-11(4-2-10)20-13(5-6-16)18-19-14(20)21-8-12-7-17-9-22-12/h1-4,7,9H,5-6,8,16H2. The zero-order valence-electron chi connectivity index (χ0n) is 11.6. The third-order valence-corrected chi connectivity index (χ3v) is 4.92. The Kier molecular flexibility index (Phi) is 4.81. The number of thiazole rings is 1. The van der Waals surface area contributed by atoms with E-state index in [0.29, 0.717) is 13.0 Å². The lowest BCUT2D eigenvalue weighted by atomic mass is 10.3. The zero-order valence-corrected chi connectivity index (χ0v) is 13.3. The van der Waals surface area contributed by atoms with Crippen LogP contribution in [0.4, 0.5) is 4.39 Å². The first-order valence-electron chi connectivity index (χ1n) is 6.68. The van der Waals surface area contributed by atoms with Crippen molar-refractivity contribution in [2.75, 3.05) is 6.54 Å². The third-order valence-electron chi connectivity index (χ3n) is 2.98. The van der Waals surface area contributed by atoms with E-state index in [2.05, 4.69) is 15.2 Å². The fourth-order valence-corrected chi connectivity index (χ4v) is 3.60. The molecule has 0 unspecified atom stereocenters. The summed E-state index contributed by atoms with van der Waals surface area (Å²) in [5.41, 5.74) is 8.28. The van der Waals surface area contributed by atoms with E-state index in [-0.39, 0.29) is 5.82 Å². The van der Waals surface area contributed by atoms with Crippen LogP contribution in [0.25, 0.3) is 5.69 Å². The van der Waals surface area contributed by atoms with Gasteiger partial charge in [-0.3, -0.25) is 9.55 Å². The molecule has 2 heterocycles. The van der Waals surface area contributed by atoms with Crippen LogP contribution in [-0.4, -0.2) is 26.3 Å². The molecule has 0 saturated heterocycles. The predicted molar refractivity (Wildman–Crippen MR) is 85.8 cm³/mol. The second-order valence-corrected chi connectivity index (χ2v) is 6.42. The van der Waals surface area contributed by atoms with E-state index >= 15 is 0 Å². The van der Waals surface area contributed by atoms with Crippen molar-refractivity contribution in [1.29, 1.82) is 0 Å². The number of rotatable bonds is 6. The highest BCUT2D eigenvalue weighted by Gasteiger charge is 2.14. The van der Waals surface area contributed by atoms with E-state index in [1.807, 2.05) is 10.8 Å². The molecule has 0 aliphatic rings. The van der Waals surface area contributed by atoms with Gasteiger partial charge in [0, 0.05) is 28.9 Å². The molecule has 114 valence electrons. The van der Waals surface area contributed by atoms with Crippen LogP contribution in [0.2, 0.25) is 0 Å². The number of hydrogen-bond acceptors (Lipinski definition) is 6. The molecule has 2 N–H and O–H groups in total. The first-order valence-corrected chi connectivity index (χ1v) is 8.55. The van der Waals surface area contributed by atoms with Crippen molar-refractivity contribution < 1.29 is 4.39 Å². The van der Waals surface area contributed by atoms with Gasteiger partial charge in [-0.2, -0.15) is 0 Å². The molecule has 0 aliphatic carbocycles. The van der Waals surface area contributed by atoms with E-state index in [0.717, 1.165) is 22.4 Å². The molecule has 22 heavy (non-hydrogen) atoms. The largest absolute Gasteiger partial charge is 0.330 e. The maximum absolute atomic E-state index is 13.1. The normalized spacial score (nSPS) is 11.0. The van der Waals surface area contributed by atoms with Crippen LogP contribution in [0.5, 0.6) is 0 Å². The van der Waals surface area contributed by atoms with Crippen molar-refractivity contribution in [1.82, 2.24) is 19.7 Å². The summed E-state index contributed by atoms with van der Waals surface area (Å²) in [6.07, 6.45) is 2.46. The van der Waals surface area contributed by atoms with Crippen LogP contribution in [0.3, 0.4) is 0 Å². The van der Waals surface area contributed by atoms with Crippen molar-refractivity contribution in [3.8, 4) is 5.69 Å². The molecule has 0 aliphatic heterocycles. The number of nitrogens with zero attached hydrogens (tertiary/aromatic N) is 4. The molecule has 5 nitrogen and oxygen atoms in total. The number of hydrogen-bond donors (Lipinski definition) is 1. The first kappa shape index (κ1) is 15.1. The fourth-order valence-electron chi connectivity index (χ4n) is 1.98. The molecule has 3 aromatic rings. The quantitative estimate of drug-likeness (QED) is 0.701. The highest BCUT2D eigenvalue weighted by molar-refractivity contribution is 7.98. The summed E-state index contributed by atoms with van der Waals surface area (Å²) in [5, 5.41) is 9.22. The molecular weight excluding hydrogens is 321 g/mol. The Morgan fingerprint density at radius 1 is 1.23 bits per heavy atom. The maximum Gasteiger partial charge on any atom is 0.196 e. The molecule has 1 aromatic carbocycles. The average molecular weight is 335 g/mol. The summed E-state index contributed by atoms with van der Waals surface area (Å²) < 4.78 is 15.1. The number of thioether (sulfide) groups is 1. The van der Waals surface area contributed by atoms with Crippen molar-refractivity contribution in [3.05, 3.63) is 52.5 Å². The summed E-state index contributed by atoms with van der Waals surface area (Å²) in [5.74, 6) is 1.28. The minimum absolute atomic E-state index is 0.268. The van der Waals surface area contributed by atoms with Gasteiger partial charge in [0.15, 0.2) is 5.16 Å². The van der Waals surface area contributed by atoms with E-state index in [1.54, 1.807) is 40.7 Å². The highest BCUT2D eigenvalue weighted by atomic mass is 32.2. The van der Waals surface area contributed by atoms with Gasteiger partial charge in [0.2, 0.25) is 0 Å². The molecule has 0 amide bonds. The van der Waals surface area contributed by atoms with Gasteiger partial charge in [-0.1, -0.05) is 11.8 Å². The van der Waals surface area contributed by atoms with Crippen molar-refractivity contribution >= 4 is 23.1 Å². The van der Waals surface area contributed by atoms with Crippen LogP contribution in [-0.2, 0) is 12.2 Å². The van der Waals surface area contributed by atoms with E-state index in [4.69, 9.17) is 5.73 Å². The number of benzene rings is 1. The molecule has 0 bridgehead atoms. The van der Waals surface area contributed by atoms with E-state index in [1.165, 1.54) is 17.0 Å². The van der Waals surface area contributed by atoms with E-state index in [9.17, 15) is 4.39 Å². The van der Waals surface area contributed by atoms with Crippen LogP contribution in [0, 0.1) is 5.82 Å². The van der Waals surface area contributed by atoms with Gasteiger partial charge in [0.1, 0.15) is 11.6 Å². The zero-order chi connectivity index (χ0) is 15.4. The number of halogens is 1. The second kappa shape index (κ2) is 6.99.